The third-order valence-electron chi connectivity index (χ3n) is 2.94. The van der Waals surface area contributed by atoms with Crippen molar-refractivity contribution >= 4 is 11.1 Å². The zero-order valence-corrected chi connectivity index (χ0v) is 12.3. The van der Waals surface area contributed by atoms with Crippen LogP contribution in [-0.4, -0.2) is 22.0 Å². The molecule has 1 aromatic carbocycles. The Hall–Kier alpha value is -2.14. The van der Waals surface area contributed by atoms with E-state index in [0.717, 1.165) is 28.2 Å². The topological polar surface area (TPSA) is 80.7 Å². The number of H-pyrrole nitrogens is 1. The van der Waals surface area contributed by atoms with Gasteiger partial charge in [-0.25, -0.2) is 9.97 Å². The van der Waals surface area contributed by atoms with Gasteiger partial charge in [0.2, 0.25) is 0 Å². The Kier molecular flexibility index (Phi) is 3.90. The zero-order chi connectivity index (χ0) is 14.8. The van der Waals surface area contributed by atoms with Crippen LogP contribution in [0.15, 0.2) is 35.2 Å². The second kappa shape index (κ2) is 5.46. The molecule has 0 aliphatic carbocycles. The first-order valence-electron chi connectivity index (χ1n) is 6.51. The van der Waals surface area contributed by atoms with E-state index in [1.165, 1.54) is 13.4 Å². The number of fused-ring (bicyclic) bond motifs is 1. The zero-order valence-electron chi connectivity index (χ0n) is 12.3. The van der Waals surface area contributed by atoms with Gasteiger partial charge in [-0.3, -0.25) is 0 Å². The number of aromatic amines is 1. The van der Waals surface area contributed by atoms with Gasteiger partial charge in [-0.15, -0.1) is 0 Å². The Morgan fingerprint density at radius 3 is 2.55 bits per heavy atom. The lowest BCUT2D eigenvalue weighted by Gasteiger charge is -2.14. The molecule has 0 saturated heterocycles. The van der Waals surface area contributed by atoms with Crippen LogP contribution in [0.2, 0.25) is 0 Å². The first kappa shape index (κ1) is 14.3. The van der Waals surface area contributed by atoms with Gasteiger partial charge in [-0.05, 0) is 13.1 Å². The van der Waals surface area contributed by atoms with Gasteiger partial charge in [-0.1, -0.05) is 32.9 Å². The lowest BCUT2D eigenvalue weighted by Crippen LogP contribution is -2.13. The Bertz CT molecular complexity index is 691. The molecule has 3 N–H and O–H groups in total. The number of nitrogens with one attached hydrogen (secondary N) is 1. The van der Waals surface area contributed by atoms with Crippen LogP contribution >= 0.6 is 0 Å². The summed E-state index contributed by atoms with van der Waals surface area (Å²) < 4.78 is 5.31. The Morgan fingerprint density at radius 2 is 1.90 bits per heavy atom. The van der Waals surface area contributed by atoms with Crippen LogP contribution in [0.3, 0.4) is 0 Å². The molecule has 0 atom stereocenters. The molecule has 3 aromatic rings. The fraction of sp³-hybridized carbons (Fsp3) is 0.333. The van der Waals surface area contributed by atoms with E-state index in [2.05, 4.69) is 41.5 Å². The first-order chi connectivity index (χ1) is 9.55. The molecule has 5 heteroatoms. The van der Waals surface area contributed by atoms with E-state index in [1.807, 2.05) is 24.4 Å². The predicted octanol–water partition coefficient (Wildman–Crippen LogP) is 3.09. The van der Waals surface area contributed by atoms with E-state index >= 15 is 0 Å². The van der Waals surface area contributed by atoms with Crippen molar-refractivity contribution in [3.63, 3.8) is 0 Å². The number of rotatable bonds is 1. The molecular formula is C15H20N4O. The van der Waals surface area contributed by atoms with E-state index in [-0.39, 0.29) is 5.41 Å². The Labute approximate surface area is 118 Å². The monoisotopic (exact) mass is 272 g/mol. The standard InChI is InChI=1S/C14H15N3O.CH5N/c1-14(2,3)13-15-7-10(17-13)9-5-4-6-11-12(9)16-8-18-11;1-2/h4-8H,1-3H3,(H,15,17);2H2,1H3. The summed E-state index contributed by atoms with van der Waals surface area (Å²) >= 11 is 0. The molecule has 106 valence electrons. The molecule has 0 aliphatic heterocycles. The average molecular weight is 272 g/mol. The molecule has 2 heterocycles. The molecule has 0 unspecified atom stereocenters. The summed E-state index contributed by atoms with van der Waals surface area (Å²) in [6.07, 6.45) is 3.32. The maximum absolute atomic E-state index is 5.31. The quantitative estimate of drug-likeness (QED) is 0.713. The van der Waals surface area contributed by atoms with E-state index in [4.69, 9.17) is 4.42 Å². The van der Waals surface area contributed by atoms with Crippen molar-refractivity contribution in [2.75, 3.05) is 7.05 Å². The van der Waals surface area contributed by atoms with Gasteiger partial charge in [0.1, 0.15) is 11.3 Å². The molecule has 2 aromatic heterocycles. The van der Waals surface area contributed by atoms with Gasteiger partial charge in [-0.2, -0.15) is 0 Å². The lowest BCUT2D eigenvalue weighted by atomic mass is 9.96. The average Bonchev–Trinajstić information content (AvgIpc) is 3.09. The normalized spacial score (nSPS) is 11.2. The van der Waals surface area contributed by atoms with Gasteiger partial charge < -0.3 is 15.1 Å². The van der Waals surface area contributed by atoms with Crippen molar-refractivity contribution in [3.05, 3.63) is 36.6 Å². The summed E-state index contributed by atoms with van der Waals surface area (Å²) in [4.78, 5) is 12.1. The van der Waals surface area contributed by atoms with Crippen LogP contribution in [0.4, 0.5) is 0 Å². The molecule has 0 aliphatic rings. The Balaban J connectivity index is 0.000000704. The number of hydrogen-bond acceptors (Lipinski definition) is 4. The number of para-hydroxylation sites is 1. The lowest BCUT2D eigenvalue weighted by molar-refractivity contribution is 0.553. The van der Waals surface area contributed by atoms with Gasteiger partial charge in [0.25, 0.3) is 0 Å². The van der Waals surface area contributed by atoms with Crippen LogP contribution in [0.25, 0.3) is 22.4 Å². The summed E-state index contributed by atoms with van der Waals surface area (Å²) in [6.45, 7) is 6.39. The van der Waals surface area contributed by atoms with Crippen LogP contribution in [0.5, 0.6) is 0 Å². The number of aromatic nitrogens is 3. The highest BCUT2D eigenvalue weighted by Gasteiger charge is 2.18. The van der Waals surface area contributed by atoms with Crippen molar-refractivity contribution in [3.8, 4) is 11.3 Å². The molecule has 0 fully saturated rings. The molecule has 5 nitrogen and oxygen atoms in total. The highest BCUT2D eigenvalue weighted by molar-refractivity contribution is 5.89. The van der Waals surface area contributed by atoms with Crippen LogP contribution in [-0.2, 0) is 5.41 Å². The summed E-state index contributed by atoms with van der Waals surface area (Å²) in [5.41, 5.74) is 8.15. The fourth-order valence-corrected chi connectivity index (χ4v) is 1.94. The van der Waals surface area contributed by atoms with E-state index in [0.29, 0.717) is 0 Å². The highest BCUT2D eigenvalue weighted by Crippen LogP contribution is 2.28. The maximum atomic E-state index is 5.31. The van der Waals surface area contributed by atoms with Gasteiger partial charge in [0.15, 0.2) is 12.0 Å². The van der Waals surface area contributed by atoms with Gasteiger partial charge >= 0.3 is 0 Å². The third kappa shape index (κ3) is 2.58. The number of benzene rings is 1. The first-order valence-corrected chi connectivity index (χ1v) is 6.51. The smallest absolute Gasteiger partial charge is 0.182 e. The minimum absolute atomic E-state index is 0.00989. The summed E-state index contributed by atoms with van der Waals surface area (Å²) in [7, 11) is 1.50. The highest BCUT2D eigenvalue weighted by atomic mass is 16.3. The molecule has 0 spiro atoms. The SMILES string of the molecule is CC(C)(C)c1ncc(-c2cccc3ocnc23)[nH]1.CN. The van der Waals surface area contributed by atoms with Crippen LogP contribution in [0, 0.1) is 0 Å². The Morgan fingerprint density at radius 1 is 1.15 bits per heavy atom. The minimum atomic E-state index is 0.00989. The van der Waals surface area contributed by atoms with E-state index in [9.17, 15) is 0 Å². The molecule has 0 amide bonds. The minimum Gasteiger partial charge on any atom is -0.443 e. The molecule has 0 radical (unpaired) electrons. The maximum Gasteiger partial charge on any atom is 0.182 e. The number of imidazole rings is 1. The predicted molar refractivity (Wildman–Crippen MR) is 80.4 cm³/mol. The summed E-state index contributed by atoms with van der Waals surface area (Å²) in [6, 6.07) is 5.89. The third-order valence-corrected chi connectivity index (χ3v) is 2.94. The molecule has 0 saturated carbocycles. The number of nitrogens with two attached hydrogens (primary N) is 1. The molecule has 0 bridgehead atoms. The fourth-order valence-electron chi connectivity index (χ4n) is 1.94. The molecule has 3 rings (SSSR count). The molecular weight excluding hydrogens is 252 g/mol. The second-order valence-electron chi connectivity index (χ2n) is 5.40. The van der Waals surface area contributed by atoms with Crippen molar-refractivity contribution in [2.24, 2.45) is 5.73 Å². The van der Waals surface area contributed by atoms with Crippen LogP contribution < -0.4 is 5.73 Å². The van der Waals surface area contributed by atoms with Gasteiger partial charge in [0.05, 0.1) is 11.9 Å². The van der Waals surface area contributed by atoms with E-state index < -0.39 is 0 Å². The number of oxazole rings is 1. The van der Waals surface area contributed by atoms with Crippen molar-refractivity contribution < 1.29 is 4.42 Å². The summed E-state index contributed by atoms with van der Waals surface area (Å²) in [5.74, 6) is 0.970. The molecule has 20 heavy (non-hydrogen) atoms. The van der Waals surface area contributed by atoms with Crippen molar-refractivity contribution in [1.29, 1.82) is 0 Å². The van der Waals surface area contributed by atoms with E-state index in [1.54, 1.807) is 0 Å². The largest absolute Gasteiger partial charge is 0.443 e. The number of nitrogens with zero attached hydrogens (tertiary/aromatic N) is 2. The van der Waals surface area contributed by atoms with Crippen molar-refractivity contribution in [2.45, 2.75) is 26.2 Å². The van der Waals surface area contributed by atoms with Crippen molar-refractivity contribution in [1.82, 2.24) is 15.0 Å². The van der Waals surface area contributed by atoms with Crippen LogP contribution in [0.1, 0.15) is 26.6 Å². The summed E-state index contributed by atoms with van der Waals surface area (Å²) in [5, 5.41) is 0. The second-order valence-corrected chi connectivity index (χ2v) is 5.40. The van der Waals surface area contributed by atoms with Gasteiger partial charge in [0, 0.05) is 11.0 Å². The number of hydrogen-bond donors (Lipinski definition) is 2.